The Morgan fingerprint density at radius 3 is 1.95 bits per heavy atom. The molecule has 6 aromatic carbocycles. The standard InChI is InChI=1S/C62H51ClO/c1-59(2)47-19-13-11-16-38(47)40-24-21-34(27-48(40)59)35-22-25-41-39-17-10-9-15-36(29-50(39)60(3,4)49(41)28-35)44-31-54-57(58-56(44)43-18-12-14-20-55(43)64-58)46-33-52-45(32-53(46)62(54,7)8)42-26-23-37(63)30-51(42)61(52,5)6/h11-14,16,19-33,43H,15,17-18H2,1-8H3/b36-29+. The fourth-order valence-corrected chi connectivity index (χ4v) is 13.3. The van der Waals surface area contributed by atoms with Gasteiger partial charge in [-0.05, 0) is 161 Å². The van der Waals surface area contributed by atoms with Crippen LogP contribution in [0.3, 0.4) is 0 Å². The summed E-state index contributed by atoms with van der Waals surface area (Å²) in [5, 5.41) is 0.790. The molecule has 0 spiro atoms. The lowest BCUT2D eigenvalue weighted by molar-refractivity contribution is 0.426. The number of rotatable bonds is 2. The van der Waals surface area contributed by atoms with E-state index in [9.17, 15) is 0 Å². The molecule has 0 saturated heterocycles. The van der Waals surface area contributed by atoms with Gasteiger partial charge in [-0.3, -0.25) is 0 Å². The molecule has 7 aliphatic rings. The normalized spacial score (nSPS) is 21.4. The summed E-state index contributed by atoms with van der Waals surface area (Å²) < 4.78 is 7.15. The number of fused-ring (bicyclic) bond motifs is 15. The number of hydrogen-bond acceptors (Lipinski definition) is 1. The molecule has 0 aromatic heterocycles. The monoisotopic (exact) mass is 846 g/mol. The Morgan fingerprint density at radius 1 is 0.547 bits per heavy atom. The first-order valence-corrected chi connectivity index (χ1v) is 23.6. The lowest BCUT2D eigenvalue weighted by Gasteiger charge is -2.27. The van der Waals surface area contributed by atoms with E-state index in [0.29, 0.717) is 6.42 Å². The van der Waals surface area contributed by atoms with Gasteiger partial charge in [0.1, 0.15) is 11.5 Å². The van der Waals surface area contributed by atoms with Crippen molar-refractivity contribution in [3.63, 3.8) is 0 Å². The molecule has 1 unspecified atom stereocenters. The van der Waals surface area contributed by atoms with Crippen molar-refractivity contribution in [1.82, 2.24) is 0 Å². The second kappa shape index (κ2) is 12.6. The van der Waals surface area contributed by atoms with Crippen LogP contribution in [-0.2, 0) is 21.7 Å². The smallest absolute Gasteiger partial charge is 0.139 e. The first-order chi connectivity index (χ1) is 30.7. The van der Waals surface area contributed by atoms with Crippen LogP contribution in [0.2, 0.25) is 5.02 Å². The largest absolute Gasteiger partial charge is 0.460 e. The first-order valence-electron chi connectivity index (χ1n) is 23.2. The van der Waals surface area contributed by atoms with Crippen molar-refractivity contribution in [2.45, 2.75) is 102 Å². The third-order valence-corrected chi connectivity index (χ3v) is 16.9. The van der Waals surface area contributed by atoms with Crippen molar-refractivity contribution in [2.75, 3.05) is 0 Å². The number of halogens is 1. The maximum Gasteiger partial charge on any atom is 0.139 e. The van der Waals surface area contributed by atoms with E-state index in [1.165, 1.54) is 117 Å². The second-order valence-corrected chi connectivity index (χ2v) is 21.9. The minimum Gasteiger partial charge on any atom is -0.460 e. The van der Waals surface area contributed by atoms with Crippen molar-refractivity contribution in [1.29, 1.82) is 0 Å². The minimum atomic E-state index is -0.250. The molecule has 0 radical (unpaired) electrons. The van der Waals surface area contributed by atoms with Crippen LogP contribution in [0.5, 0.6) is 5.75 Å². The Bertz CT molecular complexity index is 3390. The molecule has 0 N–H and O–H groups in total. The summed E-state index contributed by atoms with van der Waals surface area (Å²) in [5.41, 5.74) is 27.3. The molecular weight excluding hydrogens is 796 g/mol. The fraction of sp³-hybridized carbons (Fsp3) is 0.258. The highest BCUT2D eigenvalue weighted by Gasteiger charge is 2.47. The maximum atomic E-state index is 7.15. The average Bonchev–Trinajstić information content (AvgIpc) is 3.96. The third-order valence-electron chi connectivity index (χ3n) is 16.7. The molecule has 0 saturated carbocycles. The zero-order valence-electron chi connectivity index (χ0n) is 38.0. The van der Waals surface area contributed by atoms with Crippen molar-refractivity contribution >= 4 is 22.7 Å². The van der Waals surface area contributed by atoms with Gasteiger partial charge in [0.15, 0.2) is 0 Å². The van der Waals surface area contributed by atoms with Gasteiger partial charge in [0, 0.05) is 56.6 Å². The summed E-state index contributed by atoms with van der Waals surface area (Å²) in [4.78, 5) is 0. The summed E-state index contributed by atoms with van der Waals surface area (Å²) >= 11 is 6.62. The highest BCUT2D eigenvalue weighted by Crippen LogP contribution is 2.63. The molecule has 1 atom stereocenters. The highest BCUT2D eigenvalue weighted by molar-refractivity contribution is 6.30. The van der Waals surface area contributed by atoms with Crippen molar-refractivity contribution in [2.24, 2.45) is 0 Å². The van der Waals surface area contributed by atoms with Crippen LogP contribution in [0.15, 0.2) is 133 Å². The molecule has 0 bridgehead atoms. The summed E-state index contributed by atoms with van der Waals surface area (Å²) in [6, 6.07) is 37.2. The topological polar surface area (TPSA) is 9.23 Å². The van der Waals surface area contributed by atoms with Gasteiger partial charge in [-0.2, -0.15) is 0 Å². The SMILES string of the molecule is CC1(C)C2=C(CC#CC/C(c3cc4c(c5c3C3CC=CC=C3O5)-c3cc5c(cc3C4(C)C)-c3ccc(Cl)cc3C5(C)C)=C\2)c2ccc(-c3ccc4c(c3)C(C)(C)c3ccccc3-4)cc21. The highest BCUT2D eigenvalue weighted by atomic mass is 35.5. The maximum absolute atomic E-state index is 7.15. The van der Waals surface area contributed by atoms with Gasteiger partial charge in [-0.25, -0.2) is 0 Å². The van der Waals surface area contributed by atoms with Crippen molar-refractivity contribution in [3.8, 4) is 62.1 Å². The van der Waals surface area contributed by atoms with Crippen LogP contribution in [0.4, 0.5) is 0 Å². The van der Waals surface area contributed by atoms with Gasteiger partial charge in [-0.15, -0.1) is 0 Å². The Hall–Kier alpha value is -6.07. The predicted molar refractivity (Wildman–Crippen MR) is 266 cm³/mol. The molecule has 1 nitrogen and oxygen atoms in total. The molecular formula is C62H51ClO. The molecule has 6 aliphatic carbocycles. The van der Waals surface area contributed by atoms with Crippen molar-refractivity contribution < 1.29 is 4.74 Å². The van der Waals surface area contributed by atoms with E-state index in [1.54, 1.807) is 0 Å². The molecule has 312 valence electrons. The zero-order chi connectivity index (χ0) is 43.8. The molecule has 0 fully saturated rings. The van der Waals surface area contributed by atoms with E-state index < -0.39 is 0 Å². The molecule has 6 aromatic rings. The van der Waals surface area contributed by atoms with Gasteiger partial charge in [0.2, 0.25) is 0 Å². The summed E-state index contributed by atoms with van der Waals surface area (Å²) in [6.07, 6.45) is 11.6. The molecule has 0 amide bonds. The number of benzene rings is 6. The van der Waals surface area contributed by atoms with E-state index >= 15 is 0 Å². The Kier molecular flexibility index (Phi) is 7.55. The molecule has 2 heteroatoms. The second-order valence-electron chi connectivity index (χ2n) is 21.4. The Morgan fingerprint density at radius 2 is 1.14 bits per heavy atom. The van der Waals surface area contributed by atoms with E-state index in [0.717, 1.165) is 29.4 Å². The molecule has 1 heterocycles. The van der Waals surface area contributed by atoms with Crippen LogP contribution >= 0.6 is 11.6 Å². The van der Waals surface area contributed by atoms with Crippen LogP contribution in [0.1, 0.15) is 136 Å². The Labute approximate surface area is 383 Å². The zero-order valence-corrected chi connectivity index (χ0v) is 38.8. The lowest BCUT2D eigenvalue weighted by Crippen LogP contribution is -2.18. The summed E-state index contributed by atoms with van der Waals surface area (Å²) in [5.74, 6) is 9.61. The van der Waals surface area contributed by atoms with Gasteiger partial charge < -0.3 is 4.74 Å². The van der Waals surface area contributed by atoms with Crippen LogP contribution in [-0.4, -0.2) is 0 Å². The molecule has 13 rings (SSSR count). The van der Waals surface area contributed by atoms with Gasteiger partial charge >= 0.3 is 0 Å². The van der Waals surface area contributed by atoms with Gasteiger partial charge in [0.05, 0.1) is 0 Å². The minimum absolute atomic E-state index is 0.0430. The predicted octanol–water partition coefficient (Wildman–Crippen LogP) is 16.2. The van der Waals surface area contributed by atoms with Crippen LogP contribution in [0, 0.1) is 11.8 Å². The van der Waals surface area contributed by atoms with E-state index in [-0.39, 0.29) is 27.6 Å². The van der Waals surface area contributed by atoms with Crippen molar-refractivity contribution in [3.05, 3.63) is 193 Å². The fourth-order valence-electron chi connectivity index (χ4n) is 13.1. The number of hydrogen-bond donors (Lipinski definition) is 0. The van der Waals surface area contributed by atoms with Crippen LogP contribution < -0.4 is 4.74 Å². The number of allylic oxidation sites excluding steroid dienone is 8. The third kappa shape index (κ3) is 4.88. The Balaban J connectivity index is 0.948. The average molecular weight is 848 g/mol. The van der Waals surface area contributed by atoms with Gasteiger partial charge in [0.25, 0.3) is 0 Å². The van der Waals surface area contributed by atoms with E-state index in [1.807, 2.05) is 6.07 Å². The van der Waals surface area contributed by atoms with E-state index in [2.05, 4.69) is 183 Å². The first kappa shape index (κ1) is 38.4. The molecule has 1 aliphatic heterocycles. The molecule has 64 heavy (non-hydrogen) atoms. The van der Waals surface area contributed by atoms with Gasteiger partial charge in [-0.1, -0.05) is 152 Å². The van der Waals surface area contributed by atoms with E-state index in [4.69, 9.17) is 16.3 Å². The summed E-state index contributed by atoms with van der Waals surface area (Å²) in [7, 11) is 0. The number of ether oxygens (including phenoxy) is 1. The summed E-state index contributed by atoms with van der Waals surface area (Å²) in [6.45, 7) is 19.1. The van der Waals surface area contributed by atoms with Crippen LogP contribution in [0.25, 0.3) is 55.7 Å². The quantitative estimate of drug-likeness (QED) is 0.158. The lowest BCUT2D eigenvalue weighted by atomic mass is 9.76.